The maximum atomic E-state index is 13.3. The average Bonchev–Trinajstić information content (AvgIpc) is 2.73. The lowest BCUT2D eigenvalue weighted by atomic mass is 10.1. The van der Waals surface area contributed by atoms with Gasteiger partial charge in [0.2, 0.25) is 10.0 Å². The maximum Gasteiger partial charge on any atom is 0.335 e. The quantitative estimate of drug-likeness (QED) is 0.452. The standard InChI is InChI=1S/C21H21N3O5S/c22-10-13-24(12-3-5-15-4-1-6-16(14-15)21(26)27)30(28,29)19-8-2-7-18-17(19)9-11-23-20(18)25/h1-2,4,6-11,14,22H,3,5,12-13H2,(H,23,25)(H,26,27). The van der Waals surface area contributed by atoms with Crippen LogP contribution in [0.4, 0.5) is 0 Å². The Balaban J connectivity index is 1.85. The van der Waals surface area contributed by atoms with Crippen LogP contribution in [0.3, 0.4) is 0 Å². The van der Waals surface area contributed by atoms with E-state index in [4.69, 9.17) is 10.5 Å². The van der Waals surface area contributed by atoms with Crippen molar-refractivity contribution >= 4 is 33.0 Å². The Morgan fingerprint density at radius 2 is 1.90 bits per heavy atom. The molecule has 0 aliphatic rings. The molecule has 0 unspecified atom stereocenters. The highest BCUT2D eigenvalue weighted by atomic mass is 32.2. The first kappa shape index (κ1) is 21.4. The fourth-order valence-electron chi connectivity index (χ4n) is 3.29. The minimum atomic E-state index is -3.95. The second kappa shape index (κ2) is 9.02. The van der Waals surface area contributed by atoms with Gasteiger partial charge < -0.3 is 15.5 Å². The van der Waals surface area contributed by atoms with E-state index in [-0.39, 0.29) is 34.5 Å². The zero-order chi connectivity index (χ0) is 21.7. The summed E-state index contributed by atoms with van der Waals surface area (Å²) in [5, 5.41) is 17.1. The third-order valence-corrected chi connectivity index (χ3v) is 6.66. The van der Waals surface area contributed by atoms with Gasteiger partial charge in [-0.3, -0.25) is 4.79 Å². The lowest BCUT2D eigenvalue weighted by Gasteiger charge is -2.21. The Hall–Kier alpha value is -3.30. The summed E-state index contributed by atoms with van der Waals surface area (Å²) in [6.07, 6.45) is 3.35. The van der Waals surface area contributed by atoms with Crippen LogP contribution < -0.4 is 5.56 Å². The van der Waals surface area contributed by atoms with Gasteiger partial charge in [-0.1, -0.05) is 18.2 Å². The molecule has 0 aliphatic heterocycles. The molecule has 0 radical (unpaired) electrons. The average molecular weight is 427 g/mol. The number of carboxylic acids is 1. The van der Waals surface area contributed by atoms with Crippen molar-refractivity contribution in [1.82, 2.24) is 9.29 Å². The van der Waals surface area contributed by atoms with E-state index in [1.54, 1.807) is 30.3 Å². The number of H-pyrrole nitrogens is 1. The second-order valence-electron chi connectivity index (χ2n) is 6.70. The number of carboxylic acid groups (broad SMARTS) is 1. The summed E-state index contributed by atoms with van der Waals surface area (Å²) in [5.74, 6) is -1.02. The molecule has 1 heterocycles. The van der Waals surface area contributed by atoms with Crippen LogP contribution in [-0.2, 0) is 16.4 Å². The number of hydrogen-bond donors (Lipinski definition) is 3. The molecule has 3 N–H and O–H groups in total. The molecule has 156 valence electrons. The molecule has 8 nitrogen and oxygen atoms in total. The van der Waals surface area contributed by atoms with E-state index in [2.05, 4.69) is 4.98 Å². The number of aromatic carboxylic acids is 1. The normalized spacial score (nSPS) is 11.6. The molecule has 0 saturated carbocycles. The summed E-state index contributed by atoms with van der Waals surface area (Å²) in [5.41, 5.74) is 0.595. The first-order chi connectivity index (χ1) is 14.3. The first-order valence-corrected chi connectivity index (χ1v) is 10.7. The fourth-order valence-corrected chi connectivity index (χ4v) is 4.91. The van der Waals surface area contributed by atoms with Gasteiger partial charge in [0.25, 0.3) is 5.56 Å². The Morgan fingerprint density at radius 3 is 2.63 bits per heavy atom. The summed E-state index contributed by atoms with van der Waals surface area (Å²) >= 11 is 0. The third kappa shape index (κ3) is 4.47. The number of aromatic amines is 1. The SMILES string of the molecule is N=CCN(CCCc1cccc(C(=O)O)c1)S(=O)(=O)c1cccc2c(=O)[nH]ccc12. The molecule has 0 bridgehead atoms. The molecular weight excluding hydrogens is 406 g/mol. The molecule has 0 fully saturated rings. The monoisotopic (exact) mass is 427 g/mol. The predicted octanol–water partition coefficient (Wildman–Crippen LogP) is 2.50. The Morgan fingerprint density at radius 1 is 1.13 bits per heavy atom. The van der Waals surface area contributed by atoms with Gasteiger partial charge in [-0.25, -0.2) is 13.2 Å². The van der Waals surface area contributed by atoms with Crippen LogP contribution >= 0.6 is 0 Å². The molecule has 0 amide bonds. The molecular formula is C21H21N3O5S. The Kier molecular flexibility index (Phi) is 6.43. The highest BCUT2D eigenvalue weighted by Gasteiger charge is 2.25. The molecule has 0 spiro atoms. The number of nitrogens with one attached hydrogen (secondary N) is 2. The van der Waals surface area contributed by atoms with Crippen molar-refractivity contribution in [2.75, 3.05) is 13.1 Å². The number of aromatic nitrogens is 1. The third-order valence-electron chi connectivity index (χ3n) is 4.73. The molecule has 0 aliphatic carbocycles. The Labute approximate surface area is 173 Å². The van der Waals surface area contributed by atoms with Gasteiger partial charge >= 0.3 is 5.97 Å². The van der Waals surface area contributed by atoms with Gasteiger partial charge in [-0.15, -0.1) is 0 Å². The van der Waals surface area contributed by atoms with Gasteiger partial charge in [-0.2, -0.15) is 4.31 Å². The lowest BCUT2D eigenvalue weighted by molar-refractivity contribution is 0.0696. The summed E-state index contributed by atoms with van der Waals surface area (Å²) in [4.78, 5) is 25.7. The van der Waals surface area contributed by atoms with Crippen molar-refractivity contribution < 1.29 is 18.3 Å². The zero-order valence-corrected chi connectivity index (χ0v) is 16.9. The van der Waals surface area contributed by atoms with Crippen molar-refractivity contribution in [3.63, 3.8) is 0 Å². The molecule has 3 rings (SSSR count). The van der Waals surface area contributed by atoms with E-state index in [1.165, 1.54) is 28.7 Å². The van der Waals surface area contributed by atoms with Crippen molar-refractivity contribution in [1.29, 1.82) is 5.41 Å². The number of carbonyl (C=O) groups is 1. The van der Waals surface area contributed by atoms with Crippen LogP contribution in [0.2, 0.25) is 0 Å². The number of sulfonamides is 1. The van der Waals surface area contributed by atoms with E-state index < -0.39 is 16.0 Å². The zero-order valence-electron chi connectivity index (χ0n) is 16.0. The summed E-state index contributed by atoms with van der Waals surface area (Å²) < 4.78 is 27.7. The largest absolute Gasteiger partial charge is 0.478 e. The number of aryl methyl sites for hydroxylation is 1. The minimum Gasteiger partial charge on any atom is -0.478 e. The number of benzene rings is 2. The van der Waals surface area contributed by atoms with Gasteiger partial charge in [0, 0.05) is 36.3 Å². The van der Waals surface area contributed by atoms with Crippen LogP contribution in [0.1, 0.15) is 22.3 Å². The second-order valence-corrected chi connectivity index (χ2v) is 8.61. The van der Waals surface area contributed by atoms with Gasteiger partial charge in [-0.05, 0) is 48.7 Å². The maximum absolute atomic E-state index is 13.3. The van der Waals surface area contributed by atoms with Crippen LogP contribution in [-0.4, -0.2) is 48.1 Å². The molecule has 2 aromatic carbocycles. The fraction of sp³-hybridized carbons (Fsp3) is 0.190. The van der Waals surface area contributed by atoms with Crippen LogP contribution in [0.15, 0.2) is 64.4 Å². The van der Waals surface area contributed by atoms with Crippen molar-refractivity contribution in [2.45, 2.75) is 17.7 Å². The number of pyridine rings is 1. The number of rotatable bonds is 9. The molecule has 0 saturated heterocycles. The van der Waals surface area contributed by atoms with Crippen LogP contribution in [0, 0.1) is 5.41 Å². The topological polar surface area (TPSA) is 131 Å². The summed E-state index contributed by atoms with van der Waals surface area (Å²) in [6.45, 7) is 0.0473. The lowest BCUT2D eigenvalue weighted by Crippen LogP contribution is -2.34. The molecule has 1 aromatic heterocycles. The van der Waals surface area contributed by atoms with Gasteiger partial charge in [0.1, 0.15) is 0 Å². The minimum absolute atomic E-state index is 0.0147. The van der Waals surface area contributed by atoms with Gasteiger partial charge in [0.15, 0.2) is 0 Å². The molecule has 9 heteroatoms. The molecule has 3 aromatic rings. The van der Waals surface area contributed by atoms with E-state index in [9.17, 15) is 18.0 Å². The number of fused-ring (bicyclic) bond motifs is 1. The van der Waals surface area contributed by atoms with Crippen molar-refractivity contribution in [2.24, 2.45) is 0 Å². The van der Waals surface area contributed by atoms with E-state index >= 15 is 0 Å². The Bertz CT molecular complexity index is 1250. The van der Waals surface area contributed by atoms with E-state index in [1.807, 2.05) is 0 Å². The van der Waals surface area contributed by atoms with Crippen molar-refractivity contribution in [3.05, 3.63) is 76.2 Å². The first-order valence-electron chi connectivity index (χ1n) is 9.26. The van der Waals surface area contributed by atoms with E-state index in [0.29, 0.717) is 18.2 Å². The number of hydrogen-bond acceptors (Lipinski definition) is 5. The summed E-state index contributed by atoms with van der Waals surface area (Å²) in [6, 6.07) is 12.6. The highest BCUT2D eigenvalue weighted by Crippen LogP contribution is 2.24. The van der Waals surface area contributed by atoms with E-state index in [0.717, 1.165) is 11.8 Å². The predicted molar refractivity (Wildman–Crippen MR) is 114 cm³/mol. The van der Waals surface area contributed by atoms with Crippen molar-refractivity contribution in [3.8, 4) is 0 Å². The molecule has 30 heavy (non-hydrogen) atoms. The molecule has 0 atom stereocenters. The van der Waals surface area contributed by atoms with Crippen LogP contribution in [0.25, 0.3) is 10.8 Å². The van der Waals surface area contributed by atoms with Crippen LogP contribution in [0.5, 0.6) is 0 Å². The summed E-state index contributed by atoms with van der Waals surface area (Å²) in [7, 11) is -3.95. The number of nitrogens with zero attached hydrogens (tertiary/aromatic N) is 1. The van der Waals surface area contributed by atoms with Gasteiger partial charge in [0.05, 0.1) is 10.5 Å². The highest BCUT2D eigenvalue weighted by molar-refractivity contribution is 7.89. The smallest absolute Gasteiger partial charge is 0.335 e.